The average Bonchev–Trinajstić information content (AvgIpc) is 2.40. The number of hydrogen-bond acceptors (Lipinski definition) is 3. The van der Waals surface area contributed by atoms with Gasteiger partial charge in [-0.3, -0.25) is 0 Å². The van der Waals surface area contributed by atoms with Crippen LogP contribution in [0.5, 0.6) is 0 Å². The summed E-state index contributed by atoms with van der Waals surface area (Å²) < 4.78 is 5.07. The predicted octanol–water partition coefficient (Wildman–Crippen LogP) is 0.108. The van der Waals surface area contributed by atoms with Crippen molar-refractivity contribution in [2.75, 3.05) is 6.54 Å². The standard InChI is InChI=1S/C7H12N2O/c8-5-6(9)4-7-2-1-3-10-7/h1-3,6H,4-5,8-9H2. The van der Waals surface area contributed by atoms with Crippen LogP contribution in [0.3, 0.4) is 0 Å². The fourth-order valence-corrected chi connectivity index (χ4v) is 0.770. The molecule has 0 saturated heterocycles. The van der Waals surface area contributed by atoms with Crippen molar-refractivity contribution in [3.8, 4) is 0 Å². The quantitative estimate of drug-likeness (QED) is 0.626. The molecule has 0 aliphatic rings. The highest BCUT2D eigenvalue weighted by Gasteiger charge is 2.02. The fraction of sp³-hybridized carbons (Fsp3) is 0.429. The number of rotatable bonds is 3. The fourth-order valence-electron chi connectivity index (χ4n) is 0.770. The van der Waals surface area contributed by atoms with Gasteiger partial charge in [0, 0.05) is 19.0 Å². The molecule has 1 rings (SSSR count). The van der Waals surface area contributed by atoms with Gasteiger partial charge in [-0.15, -0.1) is 0 Å². The third-order valence-electron chi connectivity index (χ3n) is 1.35. The second-order valence-electron chi connectivity index (χ2n) is 2.28. The Morgan fingerprint density at radius 1 is 1.60 bits per heavy atom. The molecule has 1 atom stereocenters. The van der Waals surface area contributed by atoms with Crippen molar-refractivity contribution in [1.29, 1.82) is 0 Å². The molecule has 10 heavy (non-hydrogen) atoms. The summed E-state index contributed by atoms with van der Waals surface area (Å²) in [6.45, 7) is 0.501. The monoisotopic (exact) mass is 140 g/mol. The molecule has 0 bridgehead atoms. The SMILES string of the molecule is NCC(N)Cc1ccco1. The first-order chi connectivity index (χ1) is 4.83. The van der Waals surface area contributed by atoms with Gasteiger partial charge in [0.05, 0.1) is 6.26 Å². The lowest BCUT2D eigenvalue weighted by Gasteiger charge is -2.03. The van der Waals surface area contributed by atoms with Crippen LogP contribution in [0.25, 0.3) is 0 Å². The molecule has 0 aromatic carbocycles. The highest BCUT2D eigenvalue weighted by molar-refractivity contribution is 5.00. The lowest BCUT2D eigenvalue weighted by atomic mass is 10.2. The smallest absolute Gasteiger partial charge is 0.105 e. The van der Waals surface area contributed by atoms with Crippen molar-refractivity contribution in [3.05, 3.63) is 24.2 Å². The predicted molar refractivity (Wildman–Crippen MR) is 39.4 cm³/mol. The van der Waals surface area contributed by atoms with Gasteiger partial charge in [0.1, 0.15) is 5.76 Å². The van der Waals surface area contributed by atoms with E-state index in [1.165, 1.54) is 0 Å². The summed E-state index contributed by atoms with van der Waals surface area (Å²) in [6.07, 6.45) is 2.36. The summed E-state index contributed by atoms with van der Waals surface area (Å²) in [6, 6.07) is 3.76. The minimum absolute atomic E-state index is 0.0196. The molecule has 3 nitrogen and oxygen atoms in total. The Kier molecular flexibility index (Phi) is 2.48. The minimum atomic E-state index is 0.0196. The third-order valence-corrected chi connectivity index (χ3v) is 1.35. The lowest BCUT2D eigenvalue weighted by molar-refractivity contribution is 0.486. The average molecular weight is 140 g/mol. The van der Waals surface area contributed by atoms with Crippen LogP contribution >= 0.6 is 0 Å². The second-order valence-corrected chi connectivity index (χ2v) is 2.28. The zero-order valence-corrected chi connectivity index (χ0v) is 5.79. The first kappa shape index (κ1) is 7.31. The highest BCUT2D eigenvalue weighted by Crippen LogP contribution is 2.01. The molecule has 0 aliphatic heterocycles. The van der Waals surface area contributed by atoms with E-state index in [1.807, 2.05) is 12.1 Å². The number of nitrogens with two attached hydrogens (primary N) is 2. The van der Waals surface area contributed by atoms with E-state index in [2.05, 4.69) is 0 Å². The Morgan fingerprint density at radius 3 is 2.90 bits per heavy atom. The molecular weight excluding hydrogens is 128 g/mol. The van der Waals surface area contributed by atoms with Crippen molar-refractivity contribution in [3.63, 3.8) is 0 Å². The van der Waals surface area contributed by atoms with Gasteiger partial charge in [-0.05, 0) is 12.1 Å². The van der Waals surface area contributed by atoms with Gasteiger partial charge in [-0.1, -0.05) is 0 Å². The molecule has 1 heterocycles. The molecular formula is C7H12N2O. The van der Waals surface area contributed by atoms with Gasteiger partial charge in [0.15, 0.2) is 0 Å². The van der Waals surface area contributed by atoms with Crippen molar-refractivity contribution >= 4 is 0 Å². The maximum Gasteiger partial charge on any atom is 0.105 e. The van der Waals surface area contributed by atoms with Crippen molar-refractivity contribution in [2.24, 2.45) is 11.5 Å². The summed E-state index contributed by atoms with van der Waals surface area (Å²) in [7, 11) is 0. The van der Waals surface area contributed by atoms with Crippen LogP contribution in [0.1, 0.15) is 5.76 Å². The zero-order valence-electron chi connectivity index (χ0n) is 5.79. The first-order valence-electron chi connectivity index (χ1n) is 3.31. The Balaban J connectivity index is 2.40. The highest BCUT2D eigenvalue weighted by atomic mass is 16.3. The summed E-state index contributed by atoms with van der Waals surface area (Å²) >= 11 is 0. The van der Waals surface area contributed by atoms with Gasteiger partial charge in [-0.2, -0.15) is 0 Å². The van der Waals surface area contributed by atoms with Crippen LogP contribution in [0, 0.1) is 0 Å². The van der Waals surface area contributed by atoms with Gasteiger partial charge in [0.25, 0.3) is 0 Å². The molecule has 56 valence electrons. The van der Waals surface area contributed by atoms with E-state index in [0.29, 0.717) is 6.54 Å². The van der Waals surface area contributed by atoms with Gasteiger partial charge < -0.3 is 15.9 Å². The molecule has 0 amide bonds. The van der Waals surface area contributed by atoms with Crippen LogP contribution in [-0.2, 0) is 6.42 Å². The molecule has 4 N–H and O–H groups in total. The van der Waals surface area contributed by atoms with Crippen LogP contribution < -0.4 is 11.5 Å². The first-order valence-corrected chi connectivity index (χ1v) is 3.31. The van der Waals surface area contributed by atoms with Gasteiger partial charge >= 0.3 is 0 Å². The van der Waals surface area contributed by atoms with Crippen LogP contribution in [0.2, 0.25) is 0 Å². The maximum absolute atomic E-state index is 5.58. The summed E-state index contributed by atoms with van der Waals surface area (Å²) in [5, 5.41) is 0. The second kappa shape index (κ2) is 3.39. The minimum Gasteiger partial charge on any atom is -0.469 e. The van der Waals surface area contributed by atoms with E-state index >= 15 is 0 Å². The van der Waals surface area contributed by atoms with Crippen LogP contribution in [-0.4, -0.2) is 12.6 Å². The molecule has 0 saturated carbocycles. The third kappa shape index (κ3) is 1.86. The molecule has 0 radical (unpaired) electrons. The maximum atomic E-state index is 5.58. The molecule has 0 spiro atoms. The normalized spacial score (nSPS) is 13.4. The Hall–Kier alpha value is -0.800. The number of furan rings is 1. The summed E-state index contributed by atoms with van der Waals surface area (Å²) in [5.74, 6) is 0.901. The van der Waals surface area contributed by atoms with E-state index in [-0.39, 0.29) is 6.04 Å². The van der Waals surface area contributed by atoms with Crippen molar-refractivity contribution in [2.45, 2.75) is 12.5 Å². The van der Waals surface area contributed by atoms with E-state index in [9.17, 15) is 0 Å². The zero-order chi connectivity index (χ0) is 7.40. The lowest BCUT2D eigenvalue weighted by Crippen LogP contribution is -2.31. The molecule has 0 fully saturated rings. The molecule has 3 heteroatoms. The Morgan fingerprint density at radius 2 is 2.40 bits per heavy atom. The van der Waals surface area contributed by atoms with E-state index in [1.54, 1.807) is 6.26 Å². The summed E-state index contributed by atoms with van der Waals surface area (Å²) in [4.78, 5) is 0. The Bertz CT molecular complexity index is 172. The van der Waals surface area contributed by atoms with Gasteiger partial charge in [0.2, 0.25) is 0 Å². The van der Waals surface area contributed by atoms with Gasteiger partial charge in [-0.25, -0.2) is 0 Å². The van der Waals surface area contributed by atoms with Crippen LogP contribution in [0.4, 0.5) is 0 Å². The van der Waals surface area contributed by atoms with E-state index in [4.69, 9.17) is 15.9 Å². The summed E-state index contributed by atoms with van der Waals surface area (Å²) in [5.41, 5.74) is 10.9. The van der Waals surface area contributed by atoms with Crippen molar-refractivity contribution in [1.82, 2.24) is 0 Å². The van der Waals surface area contributed by atoms with Crippen LogP contribution in [0.15, 0.2) is 22.8 Å². The van der Waals surface area contributed by atoms with Crippen molar-refractivity contribution < 1.29 is 4.42 Å². The molecule has 1 unspecified atom stereocenters. The largest absolute Gasteiger partial charge is 0.469 e. The van der Waals surface area contributed by atoms with E-state index in [0.717, 1.165) is 12.2 Å². The molecule has 1 aromatic rings. The number of hydrogen-bond donors (Lipinski definition) is 2. The Labute approximate surface area is 60.0 Å². The topological polar surface area (TPSA) is 65.2 Å². The molecule has 0 aliphatic carbocycles. The molecule has 1 aromatic heterocycles. The van der Waals surface area contributed by atoms with E-state index < -0.39 is 0 Å².